The minimum atomic E-state index is 0.132. The Bertz CT molecular complexity index is 1270. The lowest BCUT2D eigenvalue weighted by Crippen LogP contribution is -2.10. The van der Waals surface area contributed by atoms with Gasteiger partial charge in [-0.05, 0) is 83.9 Å². The Hall–Kier alpha value is -2.19. The SMILES string of the molecule is CC(C)Cc1c2c(cc3sc4c(-c5cccc(C(C)(C)C)c5)nccc4c13)CCCC2. The second-order valence-electron chi connectivity index (χ2n) is 10.6. The summed E-state index contributed by atoms with van der Waals surface area (Å²) in [5.74, 6) is 0.663. The number of benzene rings is 2. The normalized spacial score (nSPS) is 14.5. The first-order valence-corrected chi connectivity index (χ1v) is 12.6. The van der Waals surface area contributed by atoms with Crippen LogP contribution in [0.4, 0.5) is 0 Å². The van der Waals surface area contributed by atoms with Crippen LogP contribution in [0.15, 0.2) is 42.6 Å². The zero-order chi connectivity index (χ0) is 21.8. The number of rotatable bonds is 3. The largest absolute Gasteiger partial charge is 0.255 e. The van der Waals surface area contributed by atoms with Crippen LogP contribution in [0.2, 0.25) is 0 Å². The van der Waals surface area contributed by atoms with Crippen molar-refractivity contribution in [1.29, 1.82) is 0 Å². The maximum absolute atomic E-state index is 4.89. The average molecular weight is 428 g/mol. The monoisotopic (exact) mass is 427 g/mol. The fourth-order valence-corrected chi connectivity index (χ4v) is 6.47. The first-order chi connectivity index (χ1) is 14.8. The minimum absolute atomic E-state index is 0.132. The van der Waals surface area contributed by atoms with Gasteiger partial charge in [-0.25, -0.2) is 0 Å². The van der Waals surface area contributed by atoms with Gasteiger partial charge in [0.1, 0.15) is 0 Å². The van der Waals surface area contributed by atoms with Crippen LogP contribution < -0.4 is 0 Å². The highest BCUT2D eigenvalue weighted by molar-refractivity contribution is 7.26. The van der Waals surface area contributed by atoms with E-state index in [1.54, 1.807) is 16.7 Å². The van der Waals surface area contributed by atoms with E-state index in [2.05, 4.69) is 71.0 Å². The first-order valence-electron chi connectivity index (χ1n) is 11.8. The number of nitrogens with zero attached hydrogens (tertiary/aromatic N) is 1. The van der Waals surface area contributed by atoms with Gasteiger partial charge in [0.2, 0.25) is 0 Å². The van der Waals surface area contributed by atoms with Gasteiger partial charge in [-0.15, -0.1) is 11.3 Å². The molecule has 2 heterocycles. The van der Waals surface area contributed by atoms with Crippen LogP contribution in [0.1, 0.15) is 69.7 Å². The van der Waals surface area contributed by atoms with E-state index in [0.29, 0.717) is 5.92 Å². The van der Waals surface area contributed by atoms with Gasteiger partial charge in [-0.1, -0.05) is 52.8 Å². The Morgan fingerprint density at radius 2 is 1.84 bits per heavy atom. The molecule has 0 spiro atoms. The summed E-state index contributed by atoms with van der Waals surface area (Å²) < 4.78 is 2.79. The van der Waals surface area contributed by atoms with Crippen LogP contribution >= 0.6 is 11.3 Å². The molecule has 0 N–H and O–H groups in total. The standard InChI is InChI=1S/C29H33NS/c1-18(2)15-24-22-12-7-6-9-19(22)17-25-26(24)23-13-14-30-27(28(23)31-25)20-10-8-11-21(16-20)29(3,4)5/h8,10-11,13-14,16-18H,6-7,9,12,15H2,1-5H3. The van der Waals surface area contributed by atoms with Crippen molar-refractivity contribution in [2.24, 2.45) is 5.92 Å². The van der Waals surface area contributed by atoms with Crippen LogP contribution in [-0.4, -0.2) is 4.98 Å². The molecule has 160 valence electrons. The molecule has 0 radical (unpaired) electrons. The third-order valence-electron chi connectivity index (χ3n) is 6.73. The second kappa shape index (κ2) is 7.74. The molecular weight excluding hydrogens is 394 g/mol. The van der Waals surface area contributed by atoms with Crippen molar-refractivity contribution in [3.63, 3.8) is 0 Å². The highest BCUT2D eigenvalue weighted by Gasteiger charge is 2.22. The molecule has 0 amide bonds. The summed E-state index contributed by atoms with van der Waals surface area (Å²) in [5, 5.41) is 2.90. The van der Waals surface area contributed by atoms with Gasteiger partial charge in [-0.2, -0.15) is 0 Å². The summed E-state index contributed by atoms with van der Waals surface area (Å²) in [4.78, 5) is 4.89. The fourth-order valence-electron chi connectivity index (χ4n) is 5.17. The molecule has 1 aliphatic rings. The maximum atomic E-state index is 4.89. The number of aryl methyl sites for hydroxylation is 1. The van der Waals surface area contributed by atoms with Gasteiger partial charge in [-0.3, -0.25) is 4.98 Å². The highest BCUT2D eigenvalue weighted by Crippen LogP contribution is 2.44. The van der Waals surface area contributed by atoms with Crippen molar-refractivity contribution in [1.82, 2.24) is 4.98 Å². The topological polar surface area (TPSA) is 12.9 Å². The van der Waals surface area contributed by atoms with E-state index in [9.17, 15) is 0 Å². The molecule has 0 saturated carbocycles. The lowest BCUT2D eigenvalue weighted by Gasteiger charge is -2.22. The molecule has 2 heteroatoms. The van der Waals surface area contributed by atoms with Crippen molar-refractivity contribution in [2.45, 2.75) is 72.1 Å². The molecule has 0 atom stereocenters. The van der Waals surface area contributed by atoms with Gasteiger partial charge in [0.15, 0.2) is 0 Å². The summed E-state index contributed by atoms with van der Waals surface area (Å²) >= 11 is 1.95. The predicted octanol–water partition coefficient (Wildman–Crippen LogP) is 8.49. The number of thiophene rings is 1. The summed E-state index contributed by atoms with van der Waals surface area (Å²) in [5.41, 5.74) is 8.74. The molecule has 0 bridgehead atoms. The van der Waals surface area contributed by atoms with Crippen molar-refractivity contribution in [3.8, 4) is 11.3 Å². The van der Waals surface area contributed by atoms with Crippen molar-refractivity contribution in [2.75, 3.05) is 0 Å². The highest BCUT2D eigenvalue weighted by atomic mass is 32.1. The Balaban J connectivity index is 1.79. The lowest BCUT2D eigenvalue weighted by molar-refractivity contribution is 0.590. The molecule has 0 aliphatic heterocycles. The number of hydrogen-bond acceptors (Lipinski definition) is 2. The molecule has 0 unspecified atom stereocenters. The molecule has 4 aromatic rings. The number of hydrogen-bond donors (Lipinski definition) is 0. The van der Waals surface area contributed by atoms with Crippen LogP contribution in [0.25, 0.3) is 31.4 Å². The van der Waals surface area contributed by atoms with Gasteiger partial charge in [0, 0.05) is 27.2 Å². The van der Waals surface area contributed by atoms with E-state index in [1.165, 1.54) is 63.4 Å². The van der Waals surface area contributed by atoms with Gasteiger partial charge in [0.25, 0.3) is 0 Å². The molecule has 0 saturated heterocycles. The average Bonchev–Trinajstić information content (AvgIpc) is 3.11. The van der Waals surface area contributed by atoms with E-state index >= 15 is 0 Å². The molecule has 2 aromatic heterocycles. The molecule has 31 heavy (non-hydrogen) atoms. The van der Waals surface area contributed by atoms with E-state index in [-0.39, 0.29) is 5.41 Å². The summed E-state index contributed by atoms with van der Waals surface area (Å²) in [6, 6.07) is 13.8. The molecule has 0 fully saturated rings. The third kappa shape index (κ3) is 3.69. The van der Waals surface area contributed by atoms with Gasteiger partial charge >= 0.3 is 0 Å². The summed E-state index contributed by atoms with van der Waals surface area (Å²) in [6.07, 6.45) is 8.34. The van der Waals surface area contributed by atoms with Crippen LogP contribution in [0.3, 0.4) is 0 Å². The molecule has 1 nitrogen and oxygen atoms in total. The van der Waals surface area contributed by atoms with Gasteiger partial charge in [0.05, 0.1) is 10.4 Å². The molecular formula is C29H33NS. The molecule has 1 aliphatic carbocycles. The summed E-state index contributed by atoms with van der Waals surface area (Å²) in [7, 11) is 0. The van der Waals surface area contributed by atoms with Crippen LogP contribution in [-0.2, 0) is 24.7 Å². The number of aromatic nitrogens is 1. The van der Waals surface area contributed by atoms with Crippen molar-refractivity contribution >= 4 is 31.5 Å². The Morgan fingerprint density at radius 3 is 2.61 bits per heavy atom. The van der Waals surface area contributed by atoms with E-state index in [4.69, 9.17) is 4.98 Å². The maximum Gasteiger partial charge on any atom is 0.0880 e. The second-order valence-corrected chi connectivity index (χ2v) is 11.7. The predicted molar refractivity (Wildman–Crippen MR) is 136 cm³/mol. The number of fused-ring (bicyclic) bond motifs is 4. The molecule has 5 rings (SSSR count). The van der Waals surface area contributed by atoms with Crippen molar-refractivity contribution < 1.29 is 0 Å². The quantitative estimate of drug-likeness (QED) is 0.319. The Kier molecular flexibility index (Phi) is 5.17. The van der Waals surface area contributed by atoms with E-state index in [0.717, 1.165) is 5.69 Å². The Morgan fingerprint density at radius 1 is 1.03 bits per heavy atom. The van der Waals surface area contributed by atoms with Crippen LogP contribution in [0.5, 0.6) is 0 Å². The summed E-state index contributed by atoms with van der Waals surface area (Å²) in [6.45, 7) is 11.5. The third-order valence-corrected chi connectivity index (χ3v) is 7.89. The lowest BCUT2D eigenvalue weighted by atomic mass is 9.83. The van der Waals surface area contributed by atoms with Crippen LogP contribution in [0, 0.1) is 5.92 Å². The fraction of sp³-hybridized carbons (Fsp3) is 0.414. The smallest absolute Gasteiger partial charge is 0.0880 e. The Labute approximate surface area is 190 Å². The minimum Gasteiger partial charge on any atom is -0.255 e. The van der Waals surface area contributed by atoms with E-state index in [1.807, 2.05) is 17.5 Å². The van der Waals surface area contributed by atoms with Crippen molar-refractivity contribution in [3.05, 3.63) is 64.8 Å². The zero-order valence-corrected chi connectivity index (χ0v) is 20.3. The molecule has 2 aromatic carbocycles. The van der Waals surface area contributed by atoms with E-state index < -0.39 is 0 Å². The first kappa shape index (κ1) is 20.7. The number of pyridine rings is 1. The van der Waals surface area contributed by atoms with Gasteiger partial charge < -0.3 is 0 Å². The zero-order valence-electron chi connectivity index (χ0n) is 19.5.